The summed E-state index contributed by atoms with van der Waals surface area (Å²) in [5, 5.41) is 13.6. The summed E-state index contributed by atoms with van der Waals surface area (Å²) in [6, 6.07) is 7.15. The van der Waals surface area contributed by atoms with Gasteiger partial charge in [-0.05, 0) is 17.7 Å². The van der Waals surface area contributed by atoms with Crippen LogP contribution in [0.4, 0.5) is 10.8 Å². The van der Waals surface area contributed by atoms with Crippen molar-refractivity contribution in [3.63, 3.8) is 0 Å². The normalized spacial score (nSPS) is 12.3. The van der Waals surface area contributed by atoms with Crippen molar-refractivity contribution in [2.45, 2.75) is 6.10 Å². The molecule has 1 heterocycles. The van der Waals surface area contributed by atoms with Crippen LogP contribution in [0.2, 0.25) is 0 Å². The smallest absolute Gasteiger partial charge is 0.202 e. The molecule has 2 aromatic rings. The highest BCUT2D eigenvalue weighted by molar-refractivity contribution is 7.09. The van der Waals surface area contributed by atoms with E-state index in [4.69, 9.17) is 5.73 Å². The minimum absolute atomic E-state index is 0.402. The molecule has 5 nitrogen and oxygen atoms in total. The fourth-order valence-electron chi connectivity index (χ4n) is 1.27. The van der Waals surface area contributed by atoms with Gasteiger partial charge >= 0.3 is 0 Å². The molecule has 0 fully saturated rings. The number of benzene rings is 1. The predicted molar refractivity (Wildman–Crippen MR) is 64.2 cm³/mol. The Morgan fingerprint density at radius 3 is 2.75 bits per heavy atom. The minimum atomic E-state index is -0.579. The Hall–Kier alpha value is -1.66. The Balaban J connectivity index is 1.93. The number of aromatic nitrogens is 2. The van der Waals surface area contributed by atoms with Crippen LogP contribution in [0, 0.1) is 0 Å². The summed E-state index contributed by atoms with van der Waals surface area (Å²) >= 11 is 1.26. The van der Waals surface area contributed by atoms with Gasteiger partial charge in [-0.3, -0.25) is 0 Å². The molecule has 0 aliphatic heterocycles. The van der Waals surface area contributed by atoms with E-state index in [1.165, 1.54) is 17.9 Å². The zero-order valence-corrected chi connectivity index (χ0v) is 9.31. The van der Waals surface area contributed by atoms with Crippen LogP contribution in [-0.2, 0) is 0 Å². The van der Waals surface area contributed by atoms with E-state index in [-0.39, 0.29) is 0 Å². The molecule has 1 unspecified atom stereocenters. The van der Waals surface area contributed by atoms with Gasteiger partial charge in [-0.25, -0.2) is 4.98 Å². The standard InChI is InChI=1S/C10H12N4OS/c11-8-3-1-7(2-4-8)9(15)5-12-10-13-6-14-16-10/h1-4,6,9,15H,5,11H2,(H,12,13,14). The first-order valence-corrected chi connectivity index (χ1v) is 5.57. The number of rotatable bonds is 4. The van der Waals surface area contributed by atoms with Crippen LogP contribution in [0.5, 0.6) is 0 Å². The lowest BCUT2D eigenvalue weighted by molar-refractivity contribution is 0.191. The Morgan fingerprint density at radius 2 is 2.12 bits per heavy atom. The molecule has 1 aromatic carbocycles. The van der Waals surface area contributed by atoms with Gasteiger partial charge in [0.25, 0.3) is 0 Å². The lowest BCUT2D eigenvalue weighted by atomic mass is 10.1. The van der Waals surface area contributed by atoms with Crippen LogP contribution in [0.25, 0.3) is 0 Å². The second kappa shape index (κ2) is 4.91. The van der Waals surface area contributed by atoms with Crippen molar-refractivity contribution in [1.82, 2.24) is 9.36 Å². The van der Waals surface area contributed by atoms with E-state index >= 15 is 0 Å². The van der Waals surface area contributed by atoms with E-state index in [0.29, 0.717) is 17.4 Å². The van der Waals surface area contributed by atoms with Crippen LogP contribution in [-0.4, -0.2) is 21.0 Å². The molecule has 0 amide bonds. The van der Waals surface area contributed by atoms with Crippen molar-refractivity contribution in [3.8, 4) is 0 Å². The monoisotopic (exact) mass is 236 g/mol. The number of aliphatic hydroxyl groups is 1. The summed E-state index contributed by atoms with van der Waals surface area (Å²) < 4.78 is 3.85. The van der Waals surface area contributed by atoms with Crippen molar-refractivity contribution in [1.29, 1.82) is 0 Å². The number of nitrogens with one attached hydrogen (secondary N) is 1. The molecule has 0 aliphatic rings. The highest BCUT2D eigenvalue weighted by Gasteiger charge is 2.07. The molecule has 0 spiro atoms. The highest BCUT2D eigenvalue weighted by Crippen LogP contribution is 2.16. The maximum atomic E-state index is 9.86. The average molecular weight is 236 g/mol. The lowest BCUT2D eigenvalue weighted by Gasteiger charge is -2.11. The van der Waals surface area contributed by atoms with Gasteiger partial charge in [0.15, 0.2) is 0 Å². The summed E-state index contributed by atoms with van der Waals surface area (Å²) in [7, 11) is 0. The van der Waals surface area contributed by atoms with Crippen LogP contribution >= 0.6 is 11.5 Å². The third-order valence-electron chi connectivity index (χ3n) is 2.13. The van der Waals surface area contributed by atoms with E-state index in [9.17, 15) is 5.11 Å². The first-order chi connectivity index (χ1) is 7.75. The number of nitrogens with two attached hydrogens (primary N) is 1. The van der Waals surface area contributed by atoms with Gasteiger partial charge < -0.3 is 16.2 Å². The van der Waals surface area contributed by atoms with Crippen molar-refractivity contribution in [3.05, 3.63) is 36.2 Å². The molecule has 16 heavy (non-hydrogen) atoms. The summed E-state index contributed by atoms with van der Waals surface area (Å²) in [6.07, 6.45) is 0.896. The first kappa shape index (κ1) is 10.8. The van der Waals surface area contributed by atoms with E-state index in [0.717, 1.165) is 5.56 Å². The third kappa shape index (κ3) is 2.68. The van der Waals surface area contributed by atoms with Crippen molar-refractivity contribution >= 4 is 22.4 Å². The quantitative estimate of drug-likeness (QED) is 0.696. The zero-order valence-electron chi connectivity index (χ0n) is 8.50. The Kier molecular flexibility index (Phi) is 3.33. The van der Waals surface area contributed by atoms with Crippen LogP contribution in [0.1, 0.15) is 11.7 Å². The molecule has 1 aromatic heterocycles. The van der Waals surface area contributed by atoms with Gasteiger partial charge in [-0.2, -0.15) is 4.37 Å². The molecule has 2 rings (SSSR count). The molecule has 0 bridgehead atoms. The topological polar surface area (TPSA) is 84.1 Å². The van der Waals surface area contributed by atoms with Gasteiger partial charge in [0, 0.05) is 23.8 Å². The largest absolute Gasteiger partial charge is 0.399 e. The average Bonchev–Trinajstić information content (AvgIpc) is 2.80. The SMILES string of the molecule is Nc1ccc(C(O)CNc2ncns2)cc1. The van der Waals surface area contributed by atoms with E-state index < -0.39 is 6.10 Å². The summed E-state index contributed by atoms with van der Waals surface area (Å²) in [6.45, 7) is 0.402. The van der Waals surface area contributed by atoms with Crippen molar-refractivity contribution in [2.75, 3.05) is 17.6 Å². The minimum Gasteiger partial charge on any atom is -0.399 e. The molecule has 84 valence electrons. The zero-order chi connectivity index (χ0) is 11.4. The van der Waals surface area contributed by atoms with Gasteiger partial charge in [0.1, 0.15) is 6.33 Å². The van der Waals surface area contributed by atoms with Crippen molar-refractivity contribution < 1.29 is 5.11 Å². The maximum Gasteiger partial charge on any atom is 0.202 e. The van der Waals surface area contributed by atoms with Gasteiger partial charge in [0.05, 0.1) is 6.10 Å². The molecule has 6 heteroatoms. The second-order valence-corrected chi connectivity index (χ2v) is 4.09. The second-order valence-electron chi connectivity index (χ2n) is 3.31. The summed E-state index contributed by atoms with van der Waals surface area (Å²) in [4.78, 5) is 3.96. The molecular formula is C10H12N4OS. The van der Waals surface area contributed by atoms with Crippen LogP contribution in [0.15, 0.2) is 30.6 Å². The van der Waals surface area contributed by atoms with Crippen LogP contribution in [0.3, 0.4) is 0 Å². The van der Waals surface area contributed by atoms with Gasteiger partial charge in [-0.1, -0.05) is 12.1 Å². The first-order valence-electron chi connectivity index (χ1n) is 4.80. The fourth-order valence-corrected chi connectivity index (χ4v) is 1.71. The number of aliphatic hydroxyl groups excluding tert-OH is 1. The number of hydrogen-bond acceptors (Lipinski definition) is 6. The van der Waals surface area contributed by atoms with E-state index in [1.807, 2.05) is 12.1 Å². The molecule has 1 atom stereocenters. The number of nitrogens with zero attached hydrogens (tertiary/aromatic N) is 2. The molecule has 0 saturated heterocycles. The van der Waals surface area contributed by atoms with Gasteiger partial charge in [0.2, 0.25) is 5.13 Å². The third-order valence-corrected chi connectivity index (χ3v) is 2.75. The molecule has 0 radical (unpaired) electrons. The number of anilines is 2. The predicted octanol–water partition coefficient (Wildman–Crippen LogP) is 1.27. The van der Waals surface area contributed by atoms with Crippen molar-refractivity contribution in [2.24, 2.45) is 0 Å². The van der Waals surface area contributed by atoms with Gasteiger partial charge in [-0.15, -0.1) is 0 Å². The summed E-state index contributed by atoms with van der Waals surface area (Å²) in [5.74, 6) is 0. The molecule has 0 saturated carbocycles. The Labute approximate surface area is 97.1 Å². The molecule has 4 N–H and O–H groups in total. The maximum absolute atomic E-state index is 9.86. The number of nitrogen functional groups attached to an aromatic ring is 1. The fraction of sp³-hybridized carbons (Fsp3) is 0.200. The van der Waals surface area contributed by atoms with E-state index in [1.54, 1.807) is 12.1 Å². The van der Waals surface area contributed by atoms with Crippen LogP contribution < -0.4 is 11.1 Å². The van der Waals surface area contributed by atoms with E-state index in [2.05, 4.69) is 14.7 Å². The Bertz CT molecular complexity index is 429. The molecular weight excluding hydrogens is 224 g/mol. The highest BCUT2D eigenvalue weighted by atomic mass is 32.1. The Morgan fingerprint density at radius 1 is 1.38 bits per heavy atom. The summed E-state index contributed by atoms with van der Waals surface area (Å²) in [5.41, 5.74) is 7.08. The molecule has 0 aliphatic carbocycles. The number of hydrogen-bond donors (Lipinski definition) is 3. The lowest BCUT2D eigenvalue weighted by Crippen LogP contribution is -2.11.